The molecule has 7 heteroatoms. The van der Waals surface area contributed by atoms with Crippen LogP contribution >= 0.6 is 34.5 Å². The summed E-state index contributed by atoms with van der Waals surface area (Å²) in [5, 5.41) is 5.20. The van der Waals surface area contributed by atoms with E-state index >= 15 is 0 Å². The minimum atomic E-state index is 0.00245. The summed E-state index contributed by atoms with van der Waals surface area (Å²) < 4.78 is 0. The van der Waals surface area contributed by atoms with Gasteiger partial charge in [0.2, 0.25) is 0 Å². The quantitative estimate of drug-likeness (QED) is 0.379. The number of fused-ring (bicyclic) bond motifs is 2. The molecule has 3 aliphatic rings. The van der Waals surface area contributed by atoms with Gasteiger partial charge in [-0.15, -0.1) is 0 Å². The van der Waals surface area contributed by atoms with Crippen LogP contribution in [0.15, 0.2) is 59.3 Å². The zero-order valence-corrected chi connectivity index (χ0v) is 22.3. The number of thiophene rings is 1. The molecule has 2 atom stereocenters. The molecule has 1 amide bonds. The van der Waals surface area contributed by atoms with Crippen LogP contribution in [-0.2, 0) is 5.41 Å². The largest absolute Gasteiger partial charge is 0.338 e. The van der Waals surface area contributed by atoms with Crippen molar-refractivity contribution < 1.29 is 9.59 Å². The number of ketones is 1. The summed E-state index contributed by atoms with van der Waals surface area (Å²) >= 11 is 14.0. The Bertz CT molecular complexity index is 1300. The lowest BCUT2D eigenvalue weighted by Crippen LogP contribution is -2.44. The molecule has 2 unspecified atom stereocenters. The summed E-state index contributed by atoms with van der Waals surface area (Å²) in [5.74, 6) is 0.976. The van der Waals surface area contributed by atoms with Crippen LogP contribution in [0.1, 0.15) is 57.0 Å². The van der Waals surface area contributed by atoms with Gasteiger partial charge in [0.25, 0.3) is 5.91 Å². The molecule has 2 saturated heterocycles. The number of carbonyl (C=O) groups excluding carboxylic acids is 2. The third kappa shape index (κ3) is 4.30. The fourth-order valence-corrected chi connectivity index (χ4v) is 7.55. The first kappa shape index (κ1) is 24.2. The number of rotatable bonds is 4. The number of nitrogens with zero attached hydrogens (tertiary/aromatic N) is 2. The van der Waals surface area contributed by atoms with Crippen LogP contribution in [0.25, 0.3) is 0 Å². The molecule has 0 bridgehead atoms. The Balaban J connectivity index is 1.17. The summed E-state index contributed by atoms with van der Waals surface area (Å²) in [4.78, 5) is 30.6. The zero-order chi connectivity index (χ0) is 24.9. The summed E-state index contributed by atoms with van der Waals surface area (Å²) in [6, 6.07) is 15.5. The lowest BCUT2D eigenvalue weighted by atomic mass is 9.73. The predicted molar refractivity (Wildman–Crippen MR) is 146 cm³/mol. The van der Waals surface area contributed by atoms with E-state index in [9.17, 15) is 9.59 Å². The normalized spacial score (nSPS) is 23.4. The summed E-state index contributed by atoms with van der Waals surface area (Å²) in [5.41, 5.74) is 4.08. The standard InChI is InChI=1S/C29H28Cl2N2O2S/c30-25-6-5-19(13-26(25)31)28(35)33-16-21(23(17-33)20-7-12-36-18-20)15-32-10-8-29(9-11-32)14-27(34)22-3-1-2-4-24(22)29/h1-7,12-13,18,21,23H,8-11,14-17H2. The van der Waals surface area contributed by atoms with Crippen molar-refractivity contribution >= 4 is 46.2 Å². The van der Waals surface area contributed by atoms with Gasteiger partial charge in [-0.05, 0) is 78.0 Å². The van der Waals surface area contributed by atoms with E-state index in [-0.39, 0.29) is 11.3 Å². The highest BCUT2D eigenvalue weighted by Gasteiger charge is 2.46. The maximum absolute atomic E-state index is 13.4. The molecule has 2 aliphatic heterocycles. The Morgan fingerprint density at radius 1 is 1.03 bits per heavy atom. The molecule has 186 valence electrons. The minimum Gasteiger partial charge on any atom is -0.338 e. The lowest BCUT2D eigenvalue weighted by Gasteiger charge is -2.41. The van der Waals surface area contributed by atoms with Crippen molar-refractivity contribution in [1.82, 2.24) is 9.80 Å². The highest BCUT2D eigenvalue weighted by Crippen LogP contribution is 2.46. The maximum atomic E-state index is 13.4. The molecule has 36 heavy (non-hydrogen) atoms. The van der Waals surface area contributed by atoms with Gasteiger partial charge < -0.3 is 9.80 Å². The Labute approximate surface area is 225 Å². The Kier molecular flexibility index (Phi) is 6.45. The van der Waals surface area contributed by atoms with Crippen molar-refractivity contribution in [2.75, 3.05) is 32.7 Å². The third-order valence-electron chi connectivity index (χ3n) is 8.47. The van der Waals surface area contributed by atoms with Crippen LogP contribution in [0.5, 0.6) is 0 Å². The van der Waals surface area contributed by atoms with Gasteiger partial charge in [-0.1, -0.05) is 47.5 Å². The van der Waals surface area contributed by atoms with Gasteiger partial charge in [0.05, 0.1) is 10.0 Å². The molecule has 0 saturated carbocycles. The number of likely N-dealkylation sites (tertiary alicyclic amines) is 2. The van der Waals surface area contributed by atoms with E-state index in [1.54, 1.807) is 29.5 Å². The van der Waals surface area contributed by atoms with Crippen LogP contribution in [0.2, 0.25) is 10.0 Å². The number of hydrogen-bond donors (Lipinski definition) is 0. The van der Waals surface area contributed by atoms with E-state index in [1.807, 2.05) is 17.0 Å². The first-order valence-electron chi connectivity index (χ1n) is 12.5. The summed E-state index contributed by atoms with van der Waals surface area (Å²) in [6.07, 6.45) is 2.67. The van der Waals surface area contributed by atoms with Crippen LogP contribution in [0, 0.1) is 5.92 Å². The third-order valence-corrected chi connectivity index (χ3v) is 9.91. The molecular weight excluding hydrogens is 511 g/mol. The van der Waals surface area contributed by atoms with Crippen molar-refractivity contribution in [3.63, 3.8) is 0 Å². The minimum absolute atomic E-state index is 0.00245. The number of benzene rings is 2. The highest BCUT2D eigenvalue weighted by molar-refractivity contribution is 7.08. The van der Waals surface area contributed by atoms with Crippen molar-refractivity contribution in [3.8, 4) is 0 Å². The maximum Gasteiger partial charge on any atom is 0.253 e. The molecule has 1 aromatic heterocycles. The molecule has 4 nitrogen and oxygen atoms in total. The number of piperidine rings is 1. The van der Waals surface area contributed by atoms with E-state index in [0.717, 1.165) is 44.6 Å². The fraction of sp³-hybridized carbons (Fsp3) is 0.379. The molecule has 0 radical (unpaired) electrons. The molecule has 6 rings (SSSR count). The lowest BCUT2D eigenvalue weighted by molar-refractivity contribution is 0.0779. The van der Waals surface area contributed by atoms with E-state index in [2.05, 4.69) is 33.9 Å². The monoisotopic (exact) mass is 538 g/mol. The zero-order valence-electron chi connectivity index (χ0n) is 20.0. The Hall–Kier alpha value is -2.18. The average molecular weight is 540 g/mol. The number of hydrogen-bond acceptors (Lipinski definition) is 4. The van der Waals surface area contributed by atoms with Crippen molar-refractivity contribution in [2.24, 2.45) is 5.92 Å². The summed E-state index contributed by atoms with van der Waals surface area (Å²) in [7, 11) is 0. The molecule has 1 aliphatic carbocycles. The SMILES string of the molecule is O=C1CC2(CCN(CC3CN(C(=O)c4ccc(Cl)c(Cl)c4)CC3c3ccsc3)CC2)c2ccccc21. The van der Waals surface area contributed by atoms with E-state index in [4.69, 9.17) is 23.2 Å². The summed E-state index contributed by atoms with van der Waals surface area (Å²) in [6.45, 7) is 4.35. The van der Waals surface area contributed by atoms with Crippen LogP contribution in [-0.4, -0.2) is 54.2 Å². The highest BCUT2D eigenvalue weighted by atomic mass is 35.5. The average Bonchev–Trinajstić information content (AvgIpc) is 3.62. The van der Waals surface area contributed by atoms with Gasteiger partial charge in [-0.25, -0.2) is 0 Å². The number of amides is 1. The van der Waals surface area contributed by atoms with Gasteiger partial charge in [-0.3, -0.25) is 9.59 Å². The van der Waals surface area contributed by atoms with Crippen LogP contribution in [0.4, 0.5) is 0 Å². The van der Waals surface area contributed by atoms with Crippen molar-refractivity contribution in [1.29, 1.82) is 0 Å². The van der Waals surface area contributed by atoms with Gasteiger partial charge in [0.15, 0.2) is 5.78 Å². The second-order valence-corrected chi connectivity index (χ2v) is 12.1. The van der Waals surface area contributed by atoms with E-state index in [1.165, 1.54) is 11.1 Å². The number of carbonyl (C=O) groups is 2. The topological polar surface area (TPSA) is 40.6 Å². The Morgan fingerprint density at radius 2 is 1.83 bits per heavy atom. The first-order valence-corrected chi connectivity index (χ1v) is 14.2. The van der Waals surface area contributed by atoms with Crippen LogP contribution < -0.4 is 0 Å². The van der Waals surface area contributed by atoms with Crippen LogP contribution in [0.3, 0.4) is 0 Å². The Morgan fingerprint density at radius 3 is 2.58 bits per heavy atom. The van der Waals surface area contributed by atoms with Crippen molar-refractivity contribution in [3.05, 3.63) is 91.6 Å². The molecule has 2 fully saturated rings. The second-order valence-electron chi connectivity index (χ2n) is 10.5. The van der Waals surface area contributed by atoms with E-state index in [0.29, 0.717) is 46.2 Å². The number of halogens is 2. The first-order chi connectivity index (χ1) is 17.4. The van der Waals surface area contributed by atoms with Gasteiger partial charge in [0.1, 0.15) is 0 Å². The fourth-order valence-electron chi connectivity index (χ4n) is 6.53. The van der Waals surface area contributed by atoms with Crippen molar-refractivity contribution in [2.45, 2.75) is 30.6 Å². The van der Waals surface area contributed by atoms with Gasteiger partial charge in [0, 0.05) is 48.5 Å². The molecule has 3 heterocycles. The molecular formula is C29H28Cl2N2O2S. The van der Waals surface area contributed by atoms with Gasteiger partial charge in [-0.2, -0.15) is 11.3 Å². The van der Waals surface area contributed by atoms with E-state index < -0.39 is 0 Å². The molecule has 2 aromatic carbocycles. The van der Waals surface area contributed by atoms with Gasteiger partial charge >= 0.3 is 0 Å². The smallest absolute Gasteiger partial charge is 0.253 e. The molecule has 3 aromatic rings. The molecule has 1 spiro atoms. The second kappa shape index (κ2) is 9.60. The predicted octanol–water partition coefficient (Wildman–Crippen LogP) is 6.53. The molecule has 0 N–H and O–H groups in total. The number of Topliss-reactive ketones (excluding diaryl/α,β-unsaturated/α-hetero) is 1.